The first kappa shape index (κ1) is 51.4. The topological polar surface area (TPSA) is 34.1 Å². The van der Waals surface area contributed by atoms with Gasteiger partial charge in [-0.1, -0.05) is 273 Å². The van der Waals surface area contributed by atoms with Gasteiger partial charge >= 0.3 is 19.5 Å². The second kappa shape index (κ2) is 30.8. The maximum Gasteiger partial charge on any atom is 2.00 e. The fourth-order valence-corrected chi connectivity index (χ4v) is 13.5. The monoisotopic (exact) mass is 1010 g/mol. The second-order valence-electron chi connectivity index (χ2n) is 13.2. The molecule has 0 amide bonds. The van der Waals surface area contributed by atoms with Gasteiger partial charge in [0, 0.05) is 0 Å². The molecular weight excluding hydrogens is 970 g/mol. The van der Waals surface area contributed by atoms with Crippen molar-refractivity contribution >= 4 is 106 Å². The number of hydrogen-bond donors (Lipinski definition) is 0. The van der Waals surface area contributed by atoms with Crippen LogP contribution in [-0.2, 0) is 29.1 Å². The molecule has 2 nitrogen and oxygen atoms in total. The molecule has 0 saturated carbocycles. The van der Waals surface area contributed by atoms with Crippen molar-refractivity contribution in [2.24, 2.45) is 0 Å². The molecule has 0 heterocycles. The average Bonchev–Trinajstić information content (AvgIpc) is 3.36. The second-order valence-corrected chi connectivity index (χ2v) is 20.1. The minimum absolute atomic E-state index is 0. The van der Waals surface area contributed by atoms with Crippen LogP contribution in [-0.4, -0.2) is 11.5 Å². The third-order valence-corrected chi connectivity index (χ3v) is 16.5. The van der Waals surface area contributed by atoms with Crippen LogP contribution in [0.3, 0.4) is 0 Å². The summed E-state index contributed by atoms with van der Waals surface area (Å²) < 4.78 is 0. The van der Waals surface area contributed by atoms with Crippen LogP contribution in [0, 0.1) is 0 Å². The van der Waals surface area contributed by atoms with Gasteiger partial charge in [0.05, 0.1) is 0 Å². The molecule has 0 saturated heterocycles. The Morgan fingerprint density at radius 3 is 0.375 bits per heavy atom. The Morgan fingerprint density at radius 2 is 0.297 bits per heavy atom. The van der Waals surface area contributed by atoms with Crippen LogP contribution in [0.5, 0.6) is 0 Å². The van der Waals surface area contributed by atoms with Crippen LogP contribution in [0.2, 0.25) is 0 Å². The summed E-state index contributed by atoms with van der Waals surface area (Å²) >= 11 is 8.39. The zero-order valence-corrected chi connectivity index (χ0v) is 40.7. The predicted octanol–water partition coefficient (Wildman–Crippen LogP) is 10.9. The Labute approximate surface area is 405 Å². The van der Waals surface area contributed by atoms with Crippen molar-refractivity contribution < 1.29 is 29.1 Å². The van der Waals surface area contributed by atoms with Crippen molar-refractivity contribution in [3.05, 3.63) is 273 Å². The molecule has 64 heavy (non-hydrogen) atoms. The van der Waals surface area contributed by atoms with E-state index in [1.54, 1.807) is 0 Å². The number of hydrogen-bond acceptors (Lipinski definition) is 2. The van der Waals surface area contributed by atoms with Gasteiger partial charge in [0.1, 0.15) is 0 Å². The Balaban J connectivity index is 0.000000196. The number of rotatable bonds is 9. The summed E-state index contributed by atoms with van der Waals surface area (Å²) in [7, 11) is -1.34. The van der Waals surface area contributed by atoms with Crippen LogP contribution in [0.25, 0.3) is 0 Å². The van der Waals surface area contributed by atoms with Crippen molar-refractivity contribution in [2.45, 2.75) is 0 Å². The van der Waals surface area contributed by atoms with Crippen LogP contribution in [0.15, 0.2) is 273 Å². The van der Waals surface area contributed by atoms with E-state index in [0.29, 0.717) is 0 Å². The summed E-state index contributed by atoms with van der Waals surface area (Å²) in [6.07, 6.45) is 0. The summed E-state index contributed by atoms with van der Waals surface area (Å²) in [5.41, 5.74) is 0. The SMILES string of the molecule is O=[C-]Cl.O=[C-]Cl.[Ru+2].c1ccc(P(c2ccccc2)c2ccccc2)cc1.c1ccc(P(c2ccccc2)c2ccccc2)cc1.c1ccc(P(c2ccccc2)c2ccccc2)cc1. The van der Waals surface area contributed by atoms with Crippen LogP contribution in [0.4, 0.5) is 0 Å². The molecule has 0 aliphatic heterocycles. The van der Waals surface area contributed by atoms with Crippen molar-refractivity contribution in [1.82, 2.24) is 0 Å². The largest absolute Gasteiger partial charge is 2.00 e. The molecule has 9 aromatic rings. The zero-order chi connectivity index (χ0) is 44.2. The van der Waals surface area contributed by atoms with Gasteiger partial charge < -0.3 is 32.8 Å². The number of halogens is 2. The smallest absolute Gasteiger partial charge is 0.525 e. The first-order chi connectivity index (χ1) is 31.2. The molecule has 0 atom stereocenters. The molecule has 0 aromatic heterocycles. The van der Waals surface area contributed by atoms with E-state index in [-0.39, 0.29) is 19.5 Å². The zero-order valence-electron chi connectivity index (χ0n) is 34.7. The molecule has 0 aliphatic carbocycles. The molecule has 0 radical (unpaired) electrons. The third-order valence-electron chi connectivity index (χ3n) is 9.13. The summed E-state index contributed by atoms with van der Waals surface area (Å²) in [6, 6.07) is 97.0. The first-order valence-electron chi connectivity index (χ1n) is 20.0. The minimum atomic E-state index is -0.446. The van der Waals surface area contributed by atoms with E-state index in [0.717, 1.165) is 11.5 Å². The van der Waals surface area contributed by atoms with Gasteiger partial charge in [0.2, 0.25) is 0 Å². The summed E-state index contributed by atoms with van der Waals surface area (Å²) in [4.78, 5) is 16.9. The van der Waals surface area contributed by atoms with Crippen LogP contribution < -0.4 is 47.7 Å². The maximum atomic E-state index is 8.45. The Bertz CT molecular complexity index is 1980. The van der Waals surface area contributed by atoms with E-state index in [9.17, 15) is 0 Å². The Hall–Kier alpha value is -5.19. The molecule has 9 rings (SSSR count). The molecule has 0 bridgehead atoms. The quantitative estimate of drug-likeness (QED) is 0.0625. The molecule has 0 unspecified atom stereocenters. The van der Waals surface area contributed by atoms with Crippen molar-refractivity contribution in [3.8, 4) is 0 Å². The van der Waals surface area contributed by atoms with Gasteiger partial charge in [0.25, 0.3) is 0 Å². The first-order valence-corrected chi connectivity index (χ1v) is 24.8. The number of carbonyl (C=O) groups excluding carboxylic acids is 2. The maximum absolute atomic E-state index is 8.45. The average molecular weight is 1010 g/mol. The van der Waals surface area contributed by atoms with E-state index in [2.05, 4.69) is 296 Å². The van der Waals surface area contributed by atoms with Gasteiger partial charge in [-0.05, 0) is 71.5 Å². The Morgan fingerprint density at radius 1 is 0.219 bits per heavy atom. The minimum Gasteiger partial charge on any atom is -0.525 e. The van der Waals surface area contributed by atoms with E-state index < -0.39 is 23.8 Å². The third kappa shape index (κ3) is 16.7. The van der Waals surface area contributed by atoms with Crippen LogP contribution in [0.1, 0.15) is 0 Å². The van der Waals surface area contributed by atoms with E-state index in [1.807, 2.05) is 0 Å². The molecule has 0 N–H and O–H groups in total. The molecule has 0 spiro atoms. The van der Waals surface area contributed by atoms with Crippen LogP contribution >= 0.6 is 47.0 Å². The fraction of sp³-hybridized carbons (Fsp3) is 0. The van der Waals surface area contributed by atoms with E-state index >= 15 is 0 Å². The molecule has 9 aromatic carbocycles. The van der Waals surface area contributed by atoms with Crippen molar-refractivity contribution in [2.75, 3.05) is 0 Å². The van der Waals surface area contributed by atoms with Gasteiger partial charge in [0.15, 0.2) is 0 Å². The molecular formula is C56H45Cl2O2P3Ru. The normalized spacial score (nSPS) is 9.83. The molecule has 0 aliphatic rings. The van der Waals surface area contributed by atoms with Gasteiger partial charge in [-0.3, -0.25) is 0 Å². The molecule has 0 fully saturated rings. The van der Waals surface area contributed by atoms with E-state index in [4.69, 9.17) is 9.59 Å². The Kier molecular flexibility index (Phi) is 24.8. The van der Waals surface area contributed by atoms with Crippen molar-refractivity contribution in [1.29, 1.82) is 0 Å². The summed E-state index contributed by atoms with van der Waals surface area (Å²) in [6.45, 7) is 0. The fourth-order valence-electron chi connectivity index (χ4n) is 6.54. The van der Waals surface area contributed by atoms with Gasteiger partial charge in [-0.2, -0.15) is 11.5 Å². The standard InChI is InChI=1S/3C18H15P.2CClO.Ru/c3*1-4-10-16(11-5-1)19(17-12-6-2-7-13-17)18-14-8-3-9-15-18;2*2-1-3;/h3*1-15H;;;/q;;;2*-1;+2. The molecule has 8 heteroatoms. The van der Waals surface area contributed by atoms with Gasteiger partial charge in [-0.15, -0.1) is 0 Å². The van der Waals surface area contributed by atoms with Gasteiger partial charge in [-0.25, -0.2) is 0 Å². The number of benzene rings is 9. The predicted molar refractivity (Wildman–Crippen MR) is 279 cm³/mol. The molecule has 318 valence electrons. The summed E-state index contributed by atoms with van der Waals surface area (Å²) in [5.74, 6) is 1.94. The van der Waals surface area contributed by atoms with Crippen molar-refractivity contribution in [3.63, 3.8) is 0 Å². The summed E-state index contributed by atoms with van der Waals surface area (Å²) in [5, 5.41) is 12.6. The van der Waals surface area contributed by atoms with E-state index in [1.165, 1.54) is 47.7 Å².